The van der Waals surface area contributed by atoms with Gasteiger partial charge in [0.2, 0.25) is 11.1 Å². The first-order valence-electron chi connectivity index (χ1n) is 6.41. The predicted molar refractivity (Wildman–Crippen MR) is 92.1 cm³/mol. The Labute approximate surface area is 138 Å². The molecule has 0 fully saturated rings. The Morgan fingerprint density at radius 2 is 2.05 bits per heavy atom. The fraction of sp³-hybridized carbons (Fsp3) is 0.143. The molecule has 0 unspecified atom stereocenters. The third-order valence-corrected chi connectivity index (χ3v) is 3.48. The van der Waals surface area contributed by atoms with E-state index in [1.54, 1.807) is 17.7 Å². The number of thioether (sulfide) groups is 1. The Morgan fingerprint density at radius 3 is 2.73 bits per heavy atom. The van der Waals surface area contributed by atoms with Crippen molar-refractivity contribution in [1.82, 2.24) is 20.2 Å². The lowest BCUT2D eigenvalue weighted by atomic mass is 10.2. The Kier molecular flexibility index (Phi) is 5.68. The van der Waals surface area contributed by atoms with Gasteiger partial charge in [-0.1, -0.05) is 42.1 Å². The van der Waals surface area contributed by atoms with Gasteiger partial charge in [-0.05, 0) is 37.0 Å². The number of benzene rings is 1. The number of nitrogens with one attached hydrogen (secondary N) is 2. The number of thiocarbonyl (C=S) groups is 1. The van der Waals surface area contributed by atoms with Gasteiger partial charge in [-0.3, -0.25) is 15.5 Å². The smallest absolute Gasteiger partial charge is 0.250 e. The normalized spacial score (nSPS) is 10.6. The van der Waals surface area contributed by atoms with Crippen molar-refractivity contribution in [2.24, 2.45) is 0 Å². The highest BCUT2D eigenvalue weighted by Gasteiger charge is 2.09. The van der Waals surface area contributed by atoms with Crippen LogP contribution >= 0.6 is 24.0 Å². The number of aryl methyl sites for hydroxylation is 1. The van der Waals surface area contributed by atoms with Gasteiger partial charge in [0.1, 0.15) is 5.82 Å². The van der Waals surface area contributed by atoms with Crippen LogP contribution in [0.3, 0.4) is 0 Å². The second-order valence-electron chi connectivity index (χ2n) is 4.24. The summed E-state index contributed by atoms with van der Waals surface area (Å²) in [5.74, 6) is 0.346. The number of carbonyl (C=O) groups excluding carboxylic acids is 1. The Morgan fingerprint density at radius 1 is 1.32 bits per heavy atom. The first-order valence-corrected chi connectivity index (χ1v) is 8.04. The summed E-state index contributed by atoms with van der Waals surface area (Å²) < 4.78 is 1.62. The molecule has 0 aliphatic rings. The molecular weight excluding hydrogens is 318 g/mol. The van der Waals surface area contributed by atoms with Crippen molar-refractivity contribution in [2.75, 3.05) is 11.7 Å². The molecule has 0 aliphatic carbocycles. The van der Waals surface area contributed by atoms with E-state index in [4.69, 9.17) is 12.2 Å². The van der Waals surface area contributed by atoms with Crippen molar-refractivity contribution in [1.29, 1.82) is 0 Å². The van der Waals surface area contributed by atoms with Crippen molar-refractivity contribution < 1.29 is 4.79 Å². The van der Waals surface area contributed by atoms with E-state index >= 15 is 0 Å². The van der Waals surface area contributed by atoms with E-state index < -0.39 is 0 Å². The molecule has 2 aromatic rings. The predicted octanol–water partition coefficient (Wildman–Crippen LogP) is 1.97. The summed E-state index contributed by atoms with van der Waals surface area (Å²) in [6.45, 7) is 1.79. The summed E-state index contributed by atoms with van der Waals surface area (Å²) in [5.41, 5.74) is 3.82. The highest BCUT2D eigenvalue weighted by molar-refractivity contribution is 7.98. The molecule has 1 aromatic carbocycles. The van der Waals surface area contributed by atoms with E-state index in [2.05, 4.69) is 20.9 Å². The molecule has 1 amide bonds. The van der Waals surface area contributed by atoms with Crippen LogP contribution in [0.2, 0.25) is 0 Å². The van der Waals surface area contributed by atoms with Crippen LogP contribution in [-0.4, -0.2) is 32.1 Å². The zero-order valence-corrected chi connectivity index (χ0v) is 13.7. The van der Waals surface area contributed by atoms with Crippen LogP contribution < -0.4 is 10.7 Å². The van der Waals surface area contributed by atoms with E-state index in [-0.39, 0.29) is 11.0 Å². The molecule has 0 saturated heterocycles. The van der Waals surface area contributed by atoms with Gasteiger partial charge in [-0.2, -0.15) is 0 Å². The number of aromatic nitrogens is 3. The molecule has 2 rings (SSSR count). The van der Waals surface area contributed by atoms with E-state index in [1.165, 1.54) is 17.8 Å². The van der Waals surface area contributed by atoms with Gasteiger partial charge in [0.25, 0.3) is 0 Å². The van der Waals surface area contributed by atoms with Crippen LogP contribution in [-0.2, 0) is 4.79 Å². The molecule has 6 nitrogen and oxygen atoms in total. The lowest BCUT2D eigenvalue weighted by Gasteiger charge is -2.11. The van der Waals surface area contributed by atoms with Gasteiger partial charge in [0.15, 0.2) is 5.11 Å². The van der Waals surface area contributed by atoms with Gasteiger partial charge in [-0.15, -0.1) is 10.2 Å². The second kappa shape index (κ2) is 7.71. The van der Waals surface area contributed by atoms with Crippen LogP contribution in [0.5, 0.6) is 0 Å². The minimum Gasteiger partial charge on any atom is -0.298 e. The average Bonchev–Trinajstić information content (AvgIpc) is 2.86. The number of nitrogens with zero attached hydrogens (tertiary/aromatic N) is 3. The monoisotopic (exact) mass is 333 g/mol. The van der Waals surface area contributed by atoms with Crippen molar-refractivity contribution in [3.05, 3.63) is 47.8 Å². The van der Waals surface area contributed by atoms with Crippen LogP contribution in [0.1, 0.15) is 11.4 Å². The van der Waals surface area contributed by atoms with Crippen molar-refractivity contribution in [3.8, 4) is 0 Å². The molecule has 22 heavy (non-hydrogen) atoms. The van der Waals surface area contributed by atoms with Crippen LogP contribution in [0, 0.1) is 6.92 Å². The minimum absolute atomic E-state index is 0.181. The molecule has 0 saturated carbocycles. The fourth-order valence-corrected chi connectivity index (χ4v) is 2.30. The quantitative estimate of drug-likeness (QED) is 0.506. The molecule has 0 atom stereocenters. The maximum atomic E-state index is 11.8. The van der Waals surface area contributed by atoms with Gasteiger partial charge in [0, 0.05) is 6.08 Å². The van der Waals surface area contributed by atoms with Crippen molar-refractivity contribution in [3.63, 3.8) is 0 Å². The highest BCUT2D eigenvalue weighted by Crippen LogP contribution is 2.10. The third kappa shape index (κ3) is 4.40. The van der Waals surface area contributed by atoms with E-state index in [9.17, 15) is 4.79 Å². The number of carbonyl (C=O) groups is 1. The van der Waals surface area contributed by atoms with Crippen LogP contribution in [0.15, 0.2) is 41.6 Å². The number of rotatable bonds is 4. The van der Waals surface area contributed by atoms with Gasteiger partial charge in [-0.25, -0.2) is 4.68 Å². The molecule has 0 radical (unpaired) electrons. The lowest BCUT2D eigenvalue weighted by Crippen LogP contribution is -2.37. The molecule has 2 N–H and O–H groups in total. The van der Waals surface area contributed by atoms with Crippen LogP contribution in [0.25, 0.3) is 6.08 Å². The third-order valence-electron chi connectivity index (χ3n) is 2.65. The molecule has 1 aromatic heterocycles. The summed E-state index contributed by atoms with van der Waals surface area (Å²) in [6, 6.07) is 9.55. The fourth-order valence-electron chi connectivity index (χ4n) is 1.62. The Hall–Kier alpha value is -2.19. The zero-order valence-electron chi connectivity index (χ0n) is 12.1. The molecule has 114 valence electrons. The summed E-state index contributed by atoms with van der Waals surface area (Å²) >= 11 is 6.54. The first kappa shape index (κ1) is 16.2. The number of hydrogen-bond donors (Lipinski definition) is 2. The molecule has 0 aliphatic heterocycles. The zero-order chi connectivity index (χ0) is 15.9. The second-order valence-corrected chi connectivity index (χ2v) is 5.43. The highest BCUT2D eigenvalue weighted by atomic mass is 32.2. The average molecular weight is 333 g/mol. The molecular formula is C14H15N5OS2. The summed E-state index contributed by atoms with van der Waals surface area (Å²) in [7, 11) is 0. The van der Waals surface area contributed by atoms with E-state index in [0.29, 0.717) is 11.0 Å². The maximum absolute atomic E-state index is 11.8. The molecule has 1 heterocycles. The summed E-state index contributed by atoms with van der Waals surface area (Å²) in [4.78, 5) is 11.8. The standard InChI is InChI=1S/C14H15N5OS2/c1-10-16-17-14(22-2)19(10)18-13(21)15-12(20)9-8-11-6-4-3-5-7-11/h3-9H,1-2H3,(H2,15,18,20,21). The topological polar surface area (TPSA) is 71.8 Å². The lowest BCUT2D eigenvalue weighted by molar-refractivity contribution is -0.115. The number of hydrogen-bond acceptors (Lipinski definition) is 5. The maximum Gasteiger partial charge on any atom is 0.250 e. The van der Waals surface area contributed by atoms with E-state index in [0.717, 1.165) is 5.56 Å². The van der Waals surface area contributed by atoms with Gasteiger partial charge in [0.05, 0.1) is 0 Å². The first-order chi connectivity index (χ1) is 10.6. The number of amides is 1. The summed E-state index contributed by atoms with van der Waals surface area (Å²) in [6.07, 6.45) is 5.03. The van der Waals surface area contributed by atoms with Gasteiger partial charge < -0.3 is 0 Å². The minimum atomic E-state index is -0.308. The SMILES string of the molecule is CSc1nnc(C)n1NC(=S)NC(=O)C=Cc1ccccc1. The molecule has 0 bridgehead atoms. The van der Waals surface area contributed by atoms with Crippen LogP contribution in [0.4, 0.5) is 0 Å². The Balaban J connectivity index is 1.93. The molecule has 0 spiro atoms. The van der Waals surface area contributed by atoms with Gasteiger partial charge >= 0.3 is 0 Å². The van der Waals surface area contributed by atoms with E-state index in [1.807, 2.05) is 36.6 Å². The van der Waals surface area contributed by atoms with Crippen molar-refractivity contribution in [2.45, 2.75) is 12.1 Å². The summed E-state index contributed by atoms with van der Waals surface area (Å²) in [5, 5.41) is 11.3. The largest absolute Gasteiger partial charge is 0.298 e. The van der Waals surface area contributed by atoms with Crippen molar-refractivity contribution >= 4 is 41.1 Å². The molecule has 8 heteroatoms. The Bertz CT molecular complexity index is 697.